The van der Waals surface area contributed by atoms with Crippen LogP contribution in [0.4, 0.5) is 0 Å². The van der Waals surface area contributed by atoms with Gasteiger partial charge in [0.05, 0.1) is 31.5 Å². The molecule has 1 aliphatic rings. The summed E-state index contributed by atoms with van der Waals surface area (Å²) in [4.78, 5) is 19.5. The number of aryl methyl sites for hydroxylation is 2. The molecule has 1 aliphatic heterocycles. The molecule has 3 aromatic rings. The molecule has 0 saturated carbocycles. The summed E-state index contributed by atoms with van der Waals surface area (Å²) >= 11 is 0. The summed E-state index contributed by atoms with van der Waals surface area (Å²) in [7, 11) is 3.46. The SMILES string of the molecule is COc1ccccc1[C@H]1Cn2c(C)cnc2CN1C(=O)c1cnn(C)c1. The van der Waals surface area contributed by atoms with Crippen LogP contribution < -0.4 is 4.74 Å². The lowest BCUT2D eigenvalue weighted by atomic mass is 10.0. The minimum Gasteiger partial charge on any atom is -0.496 e. The highest BCUT2D eigenvalue weighted by Gasteiger charge is 2.34. The third kappa shape index (κ3) is 2.65. The van der Waals surface area contributed by atoms with Gasteiger partial charge in [0.2, 0.25) is 0 Å². The van der Waals surface area contributed by atoms with E-state index in [0.717, 1.165) is 22.8 Å². The number of para-hydroxylation sites is 1. The Balaban J connectivity index is 1.79. The fraction of sp³-hybridized carbons (Fsp3) is 0.316. The van der Waals surface area contributed by atoms with Crippen LogP contribution in [0.5, 0.6) is 5.75 Å². The van der Waals surface area contributed by atoms with Crippen LogP contribution in [0.2, 0.25) is 0 Å². The molecule has 0 unspecified atom stereocenters. The summed E-state index contributed by atoms with van der Waals surface area (Å²) in [5.74, 6) is 1.62. The maximum Gasteiger partial charge on any atom is 0.258 e. The van der Waals surface area contributed by atoms with Gasteiger partial charge in [-0.1, -0.05) is 18.2 Å². The molecular weight excluding hydrogens is 330 g/mol. The summed E-state index contributed by atoms with van der Waals surface area (Å²) in [6.45, 7) is 3.13. The fourth-order valence-electron chi connectivity index (χ4n) is 3.54. The van der Waals surface area contributed by atoms with E-state index in [1.807, 2.05) is 42.3 Å². The number of carbonyl (C=O) groups excluding carboxylic acids is 1. The third-order valence-electron chi connectivity index (χ3n) is 4.89. The van der Waals surface area contributed by atoms with Crippen molar-refractivity contribution < 1.29 is 9.53 Å². The number of hydrogen-bond acceptors (Lipinski definition) is 4. The highest BCUT2D eigenvalue weighted by molar-refractivity contribution is 5.94. The molecule has 0 aliphatic carbocycles. The summed E-state index contributed by atoms with van der Waals surface area (Å²) in [5, 5.41) is 4.14. The summed E-state index contributed by atoms with van der Waals surface area (Å²) in [6.07, 6.45) is 5.20. The fourth-order valence-corrected chi connectivity index (χ4v) is 3.54. The average molecular weight is 351 g/mol. The number of methoxy groups -OCH3 is 1. The Bertz CT molecular complexity index is 959. The topological polar surface area (TPSA) is 65.2 Å². The van der Waals surface area contributed by atoms with Crippen molar-refractivity contribution in [2.45, 2.75) is 26.1 Å². The number of imidazole rings is 1. The van der Waals surface area contributed by atoms with Gasteiger partial charge in [-0.3, -0.25) is 9.48 Å². The van der Waals surface area contributed by atoms with Crippen LogP contribution in [-0.2, 0) is 20.1 Å². The van der Waals surface area contributed by atoms with Crippen molar-refractivity contribution in [1.82, 2.24) is 24.2 Å². The van der Waals surface area contributed by atoms with Crippen molar-refractivity contribution in [1.29, 1.82) is 0 Å². The summed E-state index contributed by atoms with van der Waals surface area (Å²) < 4.78 is 9.37. The van der Waals surface area contributed by atoms with Crippen LogP contribution >= 0.6 is 0 Å². The predicted molar refractivity (Wildman–Crippen MR) is 95.8 cm³/mol. The minimum absolute atomic E-state index is 0.0547. The summed E-state index contributed by atoms with van der Waals surface area (Å²) in [5.41, 5.74) is 2.66. The van der Waals surface area contributed by atoms with Gasteiger partial charge >= 0.3 is 0 Å². The Morgan fingerprint density at radius 3 is 2.81 bits per heavy atom. The van der Waals surface area contributed by atoms with E-state index in [0.29, 0.717) is 18.7 Å². The van der Waals surface area contributed by atoms with Crippen LogP contribution in [0.25, 0.3) is 0 Å². The first-order valence-corrected chi connectivity index (χ1v) is 8.52. The Labute approximate surface area is 151 Å². The molecule has 3 heterocycles. The number of fused-ring (bicyclic) bond motifs is 1. The molecule has 7 heteroatoms. The molecule has 26 heavy (non-hydrogen) atoms. The van der Waals surface area contributed by atoms with Gasteiger partial charge in [0, 0.05) is 37.2 Å². The number of rotatable bonds is 3. The van der Waals surface area contributed by atoms with Gasteiger partial charge in [-0.15, -0.1) is 0 Å². The maximum atomic E-state index is 13.2. The number of hydrogen-bond donors (Lipinski definition) is 0. The number of nitrogens with zero attached hydrogens (tertiary/aromatic N) is 5. The second-order valence-electron chi connectivity index (χ2n) is 6.52. The summed E-state index contributed by atoms with van der Waals surface area (Å²) in [6, 6.07) is 7.72. The molecule has 134 valence electrons. The highest BCUT2D eigenvalue weighted by Crippen LogP contribution is 2.35. The first-order valence-electron chi connectivity index (χ1n) is 8.52. The molecule has 1 amide bonds. The van der Waals surface area contributed by atoms with E-state index < -0.39 is 0 Å². The Kier molecular flexibility index (Phi) is 3.99. The van der Waals surface area contributed by atoms with Crippen molar-refractivity contribution in [3.63, 3.8) is 0 Å². The van der Waals surface area contributed by atoms with Gasteiger partial charge in [0.15, 0.2) is 0 Å². The van der Waals surface area contributed by atoms with E-state index in [4.69, 9.17) is 4.74 Å². The van der Waals surface area contributed by atoms with Gasteiger partial charge in [0.25, 0.3) is 5.91 Å². The lowest BCUT2D eigenvalue weighted by molar-refractivity contribution is 0.0579. The number of ether oxygens (including phenoxy) is 1. The van der Waals surface area contributed by atoms with Gasteiger partial charge < -0.3 is 14.2 Å². The minimum atomic E-state index is -0.140. The Hall–Kier alpha value is -3.09. The maximum absolute atomic E-state index is 13.2. The zero-order valence-corrected chi connectivity index (χ0v) is 15.1. The second-order valence-corrected chi connectivity index (χ2v) is 6.52. The molecule has 0 bridgehead atoms. The number of aromatic nitrogens is 4. The number of carbonyl (C=O) groups is 1. The molecule has 0 radical (unpaired) electrons. The van der Waals surface area contributed by atoms with E-state index >= 15 is 0 Å². The molecule has 0 saturated heterocycles. The van der Waals surface area contributed by atoms with Crippen LogP contribution in [-0.4, -0.2) is 37.2 Å². The number of amides is 1. The molecule has 2 aromatic heterocycles. The van der Waals surface area contributed by atoms with Gasteiger partial charge in [-0.05, 0) is 13.0 Å². The second kappa shape index (κ2) is 6.33. The van der Waals surface area contributed by atoms with E-state index in [1.165, 1.54) is 0 Å². The van der Waals surface area contributed by atoms with Crippen LogP contribution in [0, 0.1) is 6.92 Å². The molecule has 0 spiro atoms. The van der Waals surface area contributed by atoms with Gasteiger partial charge in [-0.2, -0.15) is 5.10 Å². The monoisotopic (exact) mass is 351 g/mol. The zero-order chi connectivity index (χ0) is 18.3. The van der Waals surface area contributed by atoms with Gasteiger partial charge in [-0.25, -0.2) is 4.98 Å². The van der Waals surface area contributed by atoms with E-state index in [9.17, 15) is 4.79 Å². The molecule has 0 N–H and O–H groups in total. The lowest BCUT2D eigenvalue weighted by Crippen LogP contribution is -2.41. The predicted octanol–water partition coefficient (Wildman–Crippen LogP) is 2.33. The van der Waals surface area contributed by atoms with Crippen molar-refractivity contribution in [2.24, 2.45) is 7.05 Å². The molecule has 4 rings (SSSR count). The quantitative estimate of drug-likeness (QED) is 0.726. The molecule has 1 aromatic carbocycles. The van der Waals surface area contributed by atoms with E-state index in [-0.39, 0.29) is 11.9 Å². The van der Waals surface area contributed by atoms with Crippen LogP contribution in [0.1, 0.15) is 33.5 Å². The van der Waals surface area contributed by atoms with Crippen LogP contribution in [0.15, 0.2) is 42.9 Å². The third-order valence-corrected chi connectivity index (χ3v) is 4.89. The van der Waals surface area contributed by atoms with Crippen molar-refractivity contribution in [2.75, 3.05) is 7.11 Å². The van der Waals surface area contributed by atoms with Crippen molar-refractivity contribution in [3.05, 3.63) is 65.5 Å². The molecule has 7 nitrogen and oxygen atoms in total. The van der Waals surface area contributed by atoms with E-state index in [2.05, 4.69) is 14.6 Å². The molecular formula is C19H21N5O2. The normalized spacial score (nSPS) is 16.4. The number of benzene rings is 1. The first kappa shape index (κ1) is 16.4. The van der Waals surface area contributed by atoms with Crippen molar-refractivity contribution in [3.8, 4) is 5.75 Å². The zero-order valence-electron chi connectivity index (χ0n) is 15.1. The van der Waals surface area contributed by atoms with Crippen LogP contribution in [0.3, 0.4) is 0 Å². The van der Waals surface area contributed by atoms with E-state index in [1.54, 1.807) is 31.2 Å². The average Bonchev–Trinajstić information content (AvgIpc) is 3.26. The Morgan fingerprint density at radius 2 is 2.08 bits per heavy atom. The Morgan fingerprint density at radius 1 is 1.27 bits per heavy atom. The molecule has 0 fully saturated rings. The van der Waals surface area contributed by atoms with Crippen molar-refractivity contribution >= 4 is 5.91 Å². The molecule has 1 atom stereocenters. The largest absolute Gasteiger partial charge is 0.496 e. The van der Waals surface area contributed by atoms with Gasteiger partial charge in [0.1, 0.15) is 11.6 Å². The highest BCUT2D eigenvalue weighted by atomic mass is 16.5. The lowest BCUT2D eigenvalue weighted by Gasteiger charge is -2.37. The smallest absolute Gasteiger partial charge is 0.258 e. The standard InChI is InChI=1S/C19H21N5O2/c1-13-8-20-18-12-24(19(25)14-9-21-22(2)10-14)16(11-23(13)18)15-6-4-5-7-17(15)26-3/h4-10,16H,11-12H2,1-3H3/t16-/m1/s1. The first-order chi connectivity index (χ1) is 12.6.